The summed E-state index contributed by atoms with van der Waals surface area (Å²) in [7, 11) is 0. The first-order chi connectivity index (χ1) is 5.16. The Morgan fingerprint density at radius 3 is 2.73 bits per heavy atom. The standard InChI is InChI=1S/C5H14N4OS/c1-4-8(2-3-10)7-5(11)9(4)6/h4-5,7,10-11H,2-3,6H2,1H3/p-1. The van der Waals surface area contributed by atoms with E-state index in [-0.39, 0.29) is 18.3 Å². The fourth-order valence-corrected chi connectivity index (χ4v) is 1.34. The van der Waals surface area contributed by atoms with Gasteiger partial charge in [-0.3, -0.25) is 11.3 Å². The Kier molecular flexibility index (Phi) is 3.11. The van der Waals surface area contributed by atoms with Crippen LogP contribution >= 0.6 is 0 Å². The van der Waals surface area contributed by atoms with Crippen LogP contribution in [0, 0.1) is 0 Å². The maximum atomic E-state index is 8.64. The van der Waals surface area contributed by atoms with Crippen LogP contribution in [-0.2, 0) is 12.6 Å². The van der Waals surface area contributed by atoms with Gasteiger partial charge in [0, 0.05) is 6.54 Å². The van der Waals surface area contributed by atoms with Crippen molar-refractivity contribution in [1.29, 1.82) is 0 Å². The minimum atomic E-state index is -0.267. The first kappa shape index (κ1) is 9.24. The van der Waals surface area contributed by atoms with Crippen molar-refractivity contribution in [2.75, 3.05) is 13.2 Å². The molecule has 1 aliphatic heterocycles. The van der Waals surface area contributed by atoms with Crippen molar-refractivity contribution < 1.29 is 5.11 Å². The normalized spacial score (nSPS) is 34.9. The summed E-state index contributed by atoms with van der Waals surface area (Å²) in [6.07, 6.45) is 0.0460. The molecule has 66 valence electrons. The average molecular weight is 177 g/mol. The monoisotopic (exact) mass is 177 g/mol. The van der Waals surface area contributed by atoms with Gasteiger partial charge in [0.1, 0.15) is 0 Å². The van der Waals surface area contributed by atoms with Crippen molar-refractivity contribution in [3.05, 3.63) is 0 Å². The molecule has 0 aromatic heterocycles. The molecule has 1 rings (SSSR count). The zero-order chi connectivity index (χ0) is 8.43. The molecule has 0 aromatic carbocycles. The fraction of sp³-hybridized carbons (Fsp3) is 1.00. The van der Waals surface area contributed by atoms with E-state index in [1.807, 2.05) is 11.9 Å². The summed E-state index contributed by atoms with van der Waals surface area (Å²) < 4.78 is 0. The summed E-state index contributed by atoms with van der Waals surface area (Å²) in [6, 6.07) is 0. The fourth-order valence-electron chi connectivity index (χ4n) is 1.03. The average Bonchev–Trinajstić information content (AvgIpc) is 2.19. The number of nitrogens with one attached hydrogen (secondary N) is 1. The highest BCUT2D eigenvalue weighted by Gasteiger charge is 2.26. The third-order valence-corrected chi connectivity index (χ3v) is 2.12. The molecule has 0 amide bonds. The first-order valence-corrected chi connectivity index (χ1v) is 3.96. The van der Waals surface area contributed by atoms with Crippen LogP contribution in [0.2, 0.25) is 0 Å². The topological polar surface area (TPSA) is 64.8 Å². The van der Waals surface area contributed by atoms with Crippen molar-refractivity contribution >= 4 is 12.6 Å². The lowest BCUT2D eigenvalue weighted by Gasteiger charge is -2.25. The van der Waals surface area contributed by atoms with Gasteiger partial charge in [0.25, 0.3) is 0 Å². The van der Waals surface area contributed by atoms with E-state index in [4.69, 9.17) is 23.6 Å². The predicted octanol–water partition coefficient (Wildman–Crippen LogP) is -1.85. The Bertz CT molecular complexity index is 136. The lowest BCUT2D eigenvalue weighted by molar-refractivity contribution is 0.106. The number of hydrogen-bond acceptors (Lipinski definition) is 6. The summed E-state index contributed by atoms with van der Waals surface area (Å²) in [4.78, 5) is 0. The van der Waals surface area contributed by atoms with Crippen LogP contribution in [0.5, 0.6) is 0 Å². The first-order valence-electron chi connectivity index (χ1n) is 3.49. The van der Waals surface area contributed by atoms with Crippen LogP contribution in [-0.4, -0.2) is 39.9 Å². The van der Waals surface area contributed by atoms with Crippen LogP contribution in [0.1, 0.15) is 6.92 Å². The van der Waals surface area contributed by atoms with E-state index in [1.165, 1.54) is 5.01 Å². The Labute approximate surface area is 71.5 Å². The van der Waals surface area contributed by atoms with Crippen LogP contribution < -0.4 is 11.3 Å². The van der Waals surface area contributed by atoms with E-state index < -0.39 is 0 Å². The molecular formula is C5H13N4OS-. The third-order valence-electron chi connectivity index (χ3n) is 1.77. The Morgan fingerprint density at radius 1 is 1.73 bits per heavy atom. The maximum Gasteiger partial charge on any atom is 0.0854 e. The van der Waals surface area contributed by atoms with E-state index in [2.05, 4.69) is 5.43 Å². The van der Waals surface area contributed by atoms with Crippen molar-refractivity contribution in [3.8, 4) is 0 Å². The van der Waals surface area contributed by atoms with Crippen LogP contribution in [0.25, 0.3) is 0 Å². The quantitative estimate of drug-likeness (QED) is 0.340. The summed E-state index contributed by atoms with van der Waals surface area (Å²) in [5.74, 6) is 5.59. The van der Waals surface area contributed by atoms with E-state index in [9.17, 15) is 0 Å². The second kappa shape index (κ2) is 3.70. The molecule has 2 atom stereocenters. The van der Waals surface area contributed by atoms with Gasteiger partial charge in [-0.2, -0.15) is 0 Å². The molecule has 4 N–H and O–H groups in total. The molecule has 0 bridgehead atoms. The van der Waals surface area contributed by atoms with E-state index in [1.54, 1.807) is 0 Å². The molecule has 6 heteroatoms. The highest BCUT2D eigenvalue weighted by Crippen LogP contribution is 2.08. The molecule has 5 nitrogen and oxygen atoms in total. The molecule has 0 aliphatic carbocycles. The molecule has 0 spiro atoms. The van der Waals surface area contributed by atoms with E-state index in [0.717, 1.165) is 0 Å². The number of β-amino-alcohol motifs (C(OH)–C–C–N with tert-alkyl or cyclic N) is 1. The number of hydrazine groups is 2. The highest BCUT2D eigenvalue weighted by molar-refractivity contribution is 7.59. The maximum absolute atomic E-state index is 8.64. The molecule has 0 radical (unpaired) electrons. The van der Waals surface area contributed by atoms with Gasteiger partial charge in [0.15, 0.2) is 0 Å². The van der Waals surface area contributed by atoms with Gasteiger partial charge in [0.05, 0.1) is 12.8 Å². The zero-order valence-electron chi connectivity index (χ0n) is 6.40. The lowest BCUT2D eigenvalue weighted by Crippen LogP contribution is -2.43. The number of aliphatic hydroxyl groups excluding tert-OH is 1. The Morgan fingerprint density at radius 2 is 2.36 bits per heavy atom. The molecule has 1 heterocycles. The zero-order valence-corrected chi connectivity index (χ0v) is 7.21. The number of rotatable bonds is 2. The Balaban J connectivity index is 2.45. The third kappa shape index (κ3) is 1.84. The largest absolute Gasteiger partial charge is 0.756 e. The van der Waals surface area contributed by atoms with E-state index >= 15 is 0 Å². The SMILES string of the molecule is CC1N(CCO)NC([S-])N1N. The van der Waals surface area contributed by atoms with Crippen LogP contribution in [0.15, 0.2) is 0 Å². The van der Waals surface area contributed by atoms with Crippen molar-refractivity contribution in [2.45, 2.75) is 18.6 Å². The van der Waals surface area contributed by atoms with Crippen LogP contribution in [0.3, 0.4) is 0 Å². The number of hydrogen-bond donors (Lipinski definition) is 3. The summed E-state index contributed by atoms with van der Waals surface area (Å²) in [5.41, 5.74) is 2.68. The molecule has 0 aromatic rings. The lowest BCUT2D eigenvalue weighted by atomic mass is 10.5. The number of nitrogens with two attached hydrogens (primary N) is 1. The van der Waals surface area contributed by atoms with Gasteiger partial charge in [-0.25, -0.2) is 10.0 Å². The van der Waals surface area contributed by atoms with Gasteiger partial charge < -0.3 is 17.7 Å². The molecule has 11 heavy (non-hydrogen) atoms. The van der Waals surface area contributed by atoms with Gasteiger partial charge in [-0.05, 0) is 12.4 Å². The minimum absolute atomic E-state index is 0.0460. The van der Waals surface area contributed by atoms with Gasteiger partial charge >= 0.3 is 0 Å². The molecule has 2 unspecified atom stereocenters. The van der Waals surface area contributed by atoms with Crippen LogP contribution in [0.4, 0.5) is 0 Å². The van der Waals surface area contributed by atoms with Gasteiger partial charge in [-0.1, -0.05) is 0 Å². The molecule has 0 saturated carbocycles. The second-order valence-electron chi connectivity index (χ2n) is 2.48. The molecular weight excluding hydrogens is 164 g/mol. The highest BCUT2D eigenvalue weighted by atomic mass is 32.1. The predicted molar refractivity (Wildman–Crippen MR) is 43.6 cm³/mol. The summed E-state index contributed by atoms with van der Waals surface area (Å²) in [5, 5.41) is 12.0. The van der Waals surface area contributed by atoms with Crippen molar-refractivity contribution in [1.82, 2.24) is 15.4 Å². The number of nitrogens with zero attached hydrogens (tertiary/aromatic N) is 2. The second-order valence-corrected chi connectivity index (χ2v) is 2.92. The van der Waals surface area contributed by atoms with E-state index in [0.29, 0.717) is 6.54 Å². The smallest absolute Gasteiger partial charge is 0.0854 e. The molecule has 1 aliphatic rings. The molecule has 1 saturated heterocycles. The Hall–Kier alpha value is 0.150. The van der Waals surface area contributed by atoms with Gasteiger partial charge in [-0.15, -0.1) is 0 Å². The summed E-state index contributed by atoms with van der Waals surface area (Å²) in [6.45, 7) is 2.57. The molecule has 1 fully saturated rings. The van der Waals surface area contributed by atoms with Crippen molar-refractivity contribution in [2.24, 2.45) is 5.84 Å². The van der Waals surface area contributed by atoms with Gasteiger partial charge in [0.2, 0.25) is 0 Å². The number of aliphatic hydroxyl groups is 1. The summed E-state index contributed by atoms with van der Waals surface area (Å²) >= 11 is 4.96. The van der Waals surface area contributed by atoms with Crippen molar-refractivity contribution in [3.63, 3.8) is 0 Å². The minimum Gasteiger partial charge on any atom is -0.756 e.